The quantitative estimate of drug-likeness (QED) is 0.597. The van der Waals surface area contributed by atoms with Crippen LogP contribution in [0, 0.1) is 5.41 Å². The van der Waals surface area contributed by atoms with Gasteiger partial charge in [-0.05, 0) is 25.8 Å². The van der Waals surface area contributed by atoms with Crippen molar-refractivity contribution in [1.29, 1.82) is 0 Å². The molecule has 0 aromatic rings. The zero-order valence-corrected chi connectivity index (χ0v) is 7.60. The molecule has 0 aromatic heterocycles. The van der Waals surface area contributed by atoms with Crippen molar-refractivity contribution in [1.82, 2.24) is 0 Å². The van der Waals surface area contributed by atoms with Crippen LogP contribution in [-0.4, -0.2) is 12.8 Å². The van der Waals surface area contributed by atoms with Gasteiger partial charge >= 0.3 is 0 Å². The van der Waals surface area contributed by atoms with E-state index in [1.54, 1.807) is 0 Å². The van der Waals surface area contributed by atoms with Crippen molar-refractivity contribution in [3.05, 3.63) is 0 Å². The molecule has 0 saturated heterocycles. The molecule has 0 aliphatic heterocycles. The molecule has 11 heavy (non-hydrogen) atoms. The van der Waals surface area contributed by atoms with Crippen LogP contribution >= 0.6 is 0 Å². The number of hydrogen-bond acceptors (Lipinski definition) is 2. The zero-order chi connectivity index (χ0) is 8.74. The van der Waals surface area contributed by atoms with E-state index < -0.39 is 0 Å². The third-order valence-electron chi connectivity index (χ3n) is 2.06. The van der Waals surface area contributed by atoms with Crippen molar-refractivity contribution in [3.63, 3.8) is 0 Å². The Bertz CT molecular complexity index is 114. The molecule has 0 fully saturated rings. The second-order valence-electron chi connectivity index (χ2n) is 3.41. The molecule has 0 bridgehead atoms. The van der Waals surface area contributed by atoms with Crippen molar-refractivity contribution in [2.45, 2.75) is 39.5 Å². The molecule has 0 amide bonds. The summed E-state index contributed by atoms with van der Waals surface area (Å²) in [5.41, 5.74) is 5.25. The highest BCUT2D eigenvalue weighted by atomic mass is 16.1. The first-order chi connectivity index (χ1) is 5.18. The van der Waals surface area contributed by atoms with E-state index >= 15 is 0 Å². The van der Waals surface area contributed by atoms with Gasteiger partial charge in [-0.1, -0.05) is 20.3 Å². The Morgan fingerprint density at radius 2 is 2.09 bits per heavy atom. The highest BCUT2D eigenvalue weighted by molar-refractivity contribution is 5.58. The summed E-state index contributed by atoms with van der Waals surface area (Å²) in [7, 11) is 0. The number of carbonyl (C=O) groups is 1. The summed E-state index contributed by atoms with van der Waals surface area (Å²) >= 11 is 0. The SMILES string of the molecule is CCCC(C)(C=O)CCCN. The fourth-order valence-electron chi connectivity index (χ4n) is 1.32. The van der Waals surface area contributed by atoms with Gasteiger partial charge in [0.2, 0.25) is 0 Å². The molecular formula is C9H19NO. The molecule has 0 radical (unpaired) electrons. The highest BCUT2D eigenvalue weighted by Gasteiger charge is 2.20. The van der Waals surface area contributed by atoms with Crippen LogP contribution in [0.5, 0.6) is 0 Å². The molecule has 66 valence electrons. The van der Waals surface area contributed by atoms with E-state index in [9.17, 15) is 4.79 Å². The topological polar surface area (TPSA) is 43.1 Å². The maximum absolute atomic E-state index is 10.7. The van der Waals surface area contributed by atoms with Gasteiger partial charge in [0.05, 0.1) is 0 Å². The Hall–Kier alpha value is -0.370. The summed E-state index contributed by atoms with van der Waals surface area (Å²) in [6.07, 6.45) is 5.01. The summed E-state index contributed by atoms with van der Waals surface area (Å²) in [6, 6.07) is 0. The Morgan fingerprint density at radius 3 is 2.45 bits per heavy atom. The molecule has 2 heteroatoms. The second-order valence-corrected chi connectivity index (χ2v) is 3.41. The molecule has 0 saturated carbocycles. The molecule has 0 aliphatic carbocycles. The standard InChI is InChI=1S/C9H19NO/c1-3-5-9(2,8-11)6-4-7-10/h8H,3-7,10H2,1-2H3. The molecule has 2 nitrogen and oxygen atoms in total. The van der Waals surface area contributed by atoms with Crippen molar-refractivity contribution < 1.29 is 4.79 Å². The Morgan fingerprint density at radius 1 is 1.45 bits per heavy atom. The van der Waals surface area contributed by atoms with Crippen molar-refractivity contribution >= 4 is 6.29 Å². The van der Waals surface area contributed by atoms with Crippen LogP contribution in [0.15, 0.2) is 0 Å². The minimum atomic E-state index is -0.117. The van der Waals surface area contributed by atoms with E-state index in [2.05, 4.69) is 6.92 Å². The Kier molecular flexibility index (Phi) is 5.12. The van der Waals surface area contributed by atoms with Crippen LogP contribution in [0.1, 0.15) is 39.5 Å². The Labute approximate surface area is 69.2 Å². The van der Waals surface area contributed by atoms with E-state index in [0.717, 1.165) is 32.0 Å². The summed E-state index contributed by atoms with van der Waals surface area (Å²) in [5, 5.41) is 0. The molecule has 0 aliphatic rings. The lowest BCUT2D eigenvalue weighted by Gasteiger charge is -2.21. The van der Waals surface area contributed by atoms with Crippen LogP contribution in [-0.2, 0) is 4.79 Å². The highest BCUT2D eigenvalue weighted by Crippen LogP contribution is 2.25. The van der Waals surface area contributed by atoms with Gasteiger partial charge in [0.15, 0.2) is 0 Å². The lowest BCUT2D eigenvalue weighted by Crippen LogP contribution is -2.19. The first-order valence-electron chi connectivity index (χ1n) is 4.35. The summed E-state index contributed by atoms with van der Waals surface area (Å²) in [6.45, 7) is 4.80. The van der Waals surface area contributed by atoms with Gasteiger partial charge in [-0.3, -0.25) is 0 Å². The van der Waals surface area contributed by atoms with Gasteiger partial charge in [-0.2, -0.15) is 0 Å². The summed E-state index contributed by atoms with van der Waals surface area (Å²) in [4.78, 5) is 10.7. The molecule has 2 N–H and O–H groups in total. The average Bonchev–Trinajstić information content (AvgIpc) is 2.02. The smallest absolute Gasteiger partial charge is 0.125 e. The minimum Gasteiger partial charge on any atom is -0.330 e. The first kappa shape index (κ1) is 10.6. The molecule has 0 aromatic carbocycles. The molecule has 0 rings (SSSR count). The number of hydrogen-bond donors (Lipinski definition) is 1. The lowest BCUT2D eigenvalue weighted by molar-refractivity contribution is -0.116. The maximum Gasteiger partial charge on any atom is 0.125 e. The van der Waals surface area contributed by atoms with Crippen LogP contribution < -0.4 is 5.73 Å². The van der Waals surface area contributed by atoms with E-state index in [4.69, 9.17) is 5.73 Å². The molecule has 0 spiro atoms. The van der Waals surface area contributed by atoms with Gasteiger partial charge in [-0.15, -0.1) is 0 Å². The van der Waals surface area contributed by atoms with Gasteiger partial charge in [0.25, 0.3) is 0 Å². The maximum atomic E-state index is 10.7. The van der Waals surface area contributed by atoms with Gasteiger partial charge in [0, 0.05) is 5.41 Å². The largest absolute Gasteiger partial charge is 0.330 e. The zero-order valence-electron chi connectivity index (χ0n) is 7.60. The first-order valence-corrected chi connectivity index (χ1v) is 4.35. The monoisotopic (exact) mass is 157 g/mol. The van der Waals surface area contributed by atoms with Crippen LogP contribution in [0.2, 0.25) is 0 Å². The second kappa shape index (κ2) is 5.30. The number of nitrogens with two attached hydrogens (primary N) is 1. The average molecular weight is 157 g/mol. The fourth-order valence-corrected chi connectivity index (χ4v) is 1.32. The van der Waals surface area contributed by atoms with Gasteiger partial charge < -0.3 is 10.5 Å². The molecular weight excluding hydrogens is 138 g/mol. The van der Waals surface area contributed by atoms with Gasteiger partial charge in [-0.25, -0.2) is 0 Å². The van der Waals surface area contributed by atoms with Crippen LogP contribution in [0.4, 0.5) is 0 Å². The number of aldehydes is 1. The molecule has 0 heterocycles. The van der Waals surface area contributed by atoms with E-state index in [-0.39, 0.29) is 5.41 Å². The van der Waals surface area contributed by atoms with Crippen molar-refractivity contribution in [2.24, 2.45) is 11.1 Å². The van der Waals surface area contributed by atoms with Crippen LogP contribution in [0.25, 0.3) is 0 Å². The summed E-state index contributed by atoms with van der Waals surface area (Å²) in [5.74, 6) is 0. The lowest BCUT2D eigenvalue weighted by atomic mass is 9.83. The third kappa shape index (κ3) is 4.14. The van der Waals surface area contributed by atoms with Crippen molar-refractivity contribution in [2.75, 3.05) is 6.54 Å². The predicted molar refractivity (Wildman–Crippen MR) is 47.4 cm³/mol. The minimum absolute atomic E-state index is 0.117. The van der Waals surface area contributed by atoms with E-state index in [1.807, 2.05) is 6.92 Å². The molecule has 1 atom stereocenters. The van der Waals surface area contributed by atoms with Crippen LogP contribution in [0.3, 0.4) is 0 Å². The third-order valence-corrected chi connectivity index (χ3v) is 2.06. The molecule has 1 unspecified atom stereocenters. The van der Waals surface area contributed by atoms with E-state index in [0.29, 0.717) is 6.54 Å². The van der Waals surface area contributed by atoms with Crippen molar-refractivity contribution in [3.8, 4) is 0 Å². The number of carbonyl (C=O) groups excluding carboxylic acids is 1. The predicted octanol–water partition coefficient (Wildman–Crippen LogP) is 1.73. The number of rotatable bonds is 6. The summed E-state index contributed by atoms with van der Waals surface area (Å²) < 4.78 is 0. The normalized spacial score (nSPS) is 15.9. The fraction of sp³-hybridized carbons (Fsp3) is 0.889. The van der Waals surface area contributed by atoms with Gasteiger partial charge in [0.1, 0.15) is 6.29 Å². The Balaban J connectivity index is 3.77. The van der Waals surface area contributed by atoms with E-state index in [1.165, 1.54) is 0 Å².